The highest BCUT2D eigenvalue weighted by Crippen LogP contribution is 2.25. The van der Waals surface area contributed by atoms with Crippen molar-refractivity contribution < 1.29 is 13.2 Å². The van der Waals surface area contributed by atoms with Gasteiger partial charge in [0.15, 0.2) is 0 Å². The number of aromatic nitrogens is 1. The maximum Gasteiger partial charge on any atom is 0.256 e. The smallest absolute Gasteiger partial charge is 0.256 e. The normalized spacial score (nSPS) is 19.0. The lowest BCUT2D eigenvalue weighted by Gasteiger charge is -2.16. The molecule has 0 unspecified atom stereocenters. The van der Waals surface area contributed by atoms with E-state index in [-0.39, 0.29) is 17.6 Å². The summed E-state index contributed by atoms with van der Waals surface area (Å²) in [6, 6.07) is 7.75. The summed E-state index contributed by atoms with van der Waals surface area (Å²) in [4.78, 5) is 14.4. The zero-order valence-electron chi connectivity index (χ0n) is 12.4. The van der Waals surface area contributed by atoms with Crippen molar-refractivity contribution in [2.45, 2.75) is 6.42 Å². The topological polar surface area (TPSA) is 85.4 Å². The van der Waals surface area contributed by atoms with Crippen LogP contribution in [0.2, 0.25) is 0 Å². The third-order valence-corrected chi connectivity index (χ3v) is 5.10. The summed E-state index contributed by atoms with van der Waals surface area (Å²) in [6.07, 6.45) is 2.51. The van der Waals surface area contributed by atoms with Crippen molar-refractivity contribution in [1.29, 1.82) is 0 Å². The predicted octanol–water partition coefficient (Wildman–Crippen LogP) is 0.929. The van der Waals surface area contributed by atoms with Crippen LogP contribution in [0.4, 0.5) is 0 Å². The van der Waals surface area contributed by atoms with Gasteiger partial charge in [-0.15, -0.1) is 0 Å². The highest BCUT2D eigenvalue weighted by molar-refractivity contribution is 7.89. The highest BCUT2D eigenvalue weighted by Gasteiger charge is 2.30. The number of hydrogen-bond donors (Lipinski definition) is 1. The van der Waals surface area contributed by atoms with E-state index in [1.807, 2.05) is 42.1 Å². The number of benzene rings is 1. The molecule has 0 aliphatic carbocycles. The van der Waals surface area contributed by atoms with Crippen molar-refractivity contribution >= 4 is 26.8 Å². The van der Waals surface area contributed by atoms with Crippen molar-refractivity contribution in [3.63, 3.8) is 0 Å². The van der Waals surface area contributed by atoms with E-state index in [1.165, 1.54) is 0 Å². The molecule has 1 aliphatic rings. The fourth-order valence-corrected chi connectivity index (χ4v) is 4.09. The van der Waals surface area contributed by atoms with E-state index in [4.69, 9.17) is 5.14 Å². The van der Waals surface area contributed by atoms with Crippen LogP contribution in [0.1, 0.15) is 16.8 Å². The van der Waals surface area contributed by atoms with Crippen molar-refractivity contribution in [3.05, 3.63) is 36.0 Å². The lowest BCUT2D eigenvalue weighted by Crippen LogP contribution is -2.30. The van der Waals surface area contributed by atoms with Crippen LogP contribution < -0.4 is 5.14 Å². The Morgan fingerprint density at radius 1 is 1.36 bits per heavy atom. The molecule has 1 saturated heterocycles. The van der Waals surface area contributed by atoms with Gasteiger partial charge in [0.2, 0.25) is 10.0 Å². The molecule has 6 nitrogen and oxygen atoms in total. The Hall–Kier alpha value is -1.86. The largest absolute Gasteiger partial charge is 0.350 e. The number of likely N-dealkylation sites (tertiary alicyclic amines) is 1. The van der Waals surface area contributed by atoms with Gasteiger partial charge in [-0.1, -0.05) is 18.2 Å². The summed E-state index contributed by atoms with van der Waals surface area (Å²) < 4.78 is 24.3. The molecule has 1 aromatic heterocycles. The second-order valence-electron chi connectivity index (χ2n) is 5.91. The van der Waals surface area contributed by atoms with E-state index in [2.05, 4.69) is 0 Å². The zero-order valence-corrected chi connectivity index (χ0v) is 13.2. The SMILES string of the molecule is Cn1cc(C(=O)N2CC[C@H](CS(N)(=O)=O)C2)c2ccccc21. The first-order valence-electron chi connectivity index (χ1n) is 7.19. The molecule has 1 aromatic carbocycles. The van der Waals surface area contributed by atoms with Gasteiger partial charge in [-0.2, -0.15) is 0 Å². The highest BCUT2D eigenvalue weighted by atomic mass is 32.2. The van der Waals surface area contributed by atoms with Gasteiger partial charge < -0.3 is 9.47 Å². The summed E-state index contributed by atoms with van der Waals surface area (Å²) in [6.45, 7) is 1.01. The number of fused-ring (bicyclic) bond motifs is 1. The molecular formula is C15H19N3O3S. The van der Waals surface area contributed by atoms with Crippen LogP contribution in [0.5, 0.6) is 0 Å². The summed E-state index contributed by atoms with van der Waals surface area (Å²) in [5, 5.41) is 6.01. The molecule has 2 heterocycles. The average Bonchev–Trinajstić information content (AvgIpc) is 3.02. The minimum absolute atomic E-state index is 0.0475. The zero-order chi connectivity index (χ0) is 15.9. The second kappa shape index (κ2) is 5.40. The molecule has 0 spiro atoms. The lowest BCUT2D eigenvalue weighted by atomic mass is 10.1. The Balaban J connectivity index is 1.82. The van der Waals surface area contributed by atoms with Crippen LogP contribution in [0.25, 0.3) is 10.9 Å². The van der Waals surface area contributed by atoms with Crippen LogP contribution in [-0.2, 0) is 17.1 Å². The molecule has 0 bridgehead atoms. The Morgan fingerprint density at radius 2 is 2.09 bits per heavy atom. The van der Waals surface area contributed by atoms with E-state index in [0.717, 1.165) is 10.9 Å². The number of rotatable bonds is 3. The number of carbonyl (C=O) groups is 1. The molecular weight excluding hydrogens is 302 g/mol. The van der Waals surface area contributed by atoms with Gasteiger partial charge in [-0.05, 0) is 18.4 Å². The number of carbonyl (C=O) groups excluding carboxylic acids is 1. The standard InChI is InChI=1S/C15H19N3O3S/c1-17-9-13(12-4-2-3-5-14(12)17)15(19)18-7-6-11(8-18)10-22(16,20)21/h2-5,9,11H,6-8,10H2,1H3,(H2,16,20,21)/t11-/m0/s1. The van der Waals surface area contributed by atoms with Gasteiger partial charge in [0, 0.05) is 37.2 Å². The van der Waals surface area contributed by atoms with Crippen molar-refractivity contribution in [3.8, 4) is 0 Å². The number of nitrogens with zero attached hydrogens (tertiary/aromatic N) is 2. The van der Waals surface area contributed by atoms with Crippen molar-refractivity contribution in [2.24, 2.45) is 18.1 Å². The first-order chi connectivity index (χ1) is 10.3. The predicted molar refractivity (Wildman–Crippen MR) is 84.9 cm³/mol. The minimum atomic E-state index is -3.49. The third-order valence-electron chi connectivity index (χ3n) is 4.17. The van der Waals surface area contributed by atoms with E-state index >= 15 is 0 Å². The van der Waals surface area contributed by atoms with Gasteiger partial charge >= 0.3 is 0 Å². The van der Waals surface area contributed by atoms with Gasteiger partial charge in [0.1, 0.15) is 0 Å². The Kier molecular flexibility index (Phi) is 3.70. The maximum atomic E-state index is 12.7. The Morgan fingerprint density at radius 3 is 2.82 bits per heavy atom. The Labute approximate surface area is 129 Å². The molecule has 1 amide bonds. The van der Waals surface area contributed by atoms with E-state index in [0.29, 0.717) is 25.1 Å². The first-order valence-corrected chi connectivity index (χ1v) is 8.90. The number of primary sulfonamides is 1. The molecule has 2 N–H and O–H groups in total. The minimum Gasteiger partial charge on any atom is -0.350 e. The van der Waals surface area contributed by atoms with Crippen molar-refractivity contribution in [1.82, 2.24) is 9.47 Å². The second-order valence-corrected chi connectivity index (χ2v) is 7.57. The summed E-state index contributed by atoms with van der Waals surface area (Å²) in [7, 11) is -1.58. The number of aryl methyl sites for hydroxylation is 1. The summed E-state index contributed by atoms with van der Waals surface area (Å²) >= 11 is 0. The molecule has 1 atom stereocenters. The number of hydrogen-bond acceptors (Lipinski definition) is 3. The van der Waals surface area contributed by atoms with Gasteiger partial charge in [0.25, 0.3) is 5.91 Å². The fourth-order valence-electron chi connectivity index (χ4n) is 3.16. The summed E-state index contributed by atoms with van der Waals surface area (Å²) in [5.41, 5.74) is 1.67. The molecule has 1 aliphatic heterocycles. The van der Waals surface area contributed by atoms with E-state index in [1.54, 1.807) is 4.90 Å². The van der Waals surface area contributed by atoms with E-state index < -0.39 is 10.0 Å². The van der Waals surface area contributed by atoms with Crippen LogP contribution in [-0.4, -0.2) is 42.6 Å². The number of sulfonamides is 1. The molecule has 1 fully saturated rings. The first kappa shape index (κ1) is 15.1. The molecule has 7 heteroatoms. The molecule has 22 heavy (non-hydrogen) atoms. The van der Waals surface area contributed by atoms with Crippen LogP contribution >= 0.6 is 0 Å². The fraction of sp³-hybridized carbons (Fsp3) is 0.400. The number of nitrogens with two attached hydrogens (primary N) is 1. The van der Waals surface area contributed by atoms with Crippen LogP contribution in [0.15, 0.2) is 30.5 Å². The van der Waals surface area contributed by atoms with Gasteiger partial charge in [-0.25, -0.2) is 13.6 Å². The quantitative estimate of drug-likeness (QED) is 0.912. The third kappa shape index (κ3) is 2.86. The number of amides is 1. The maximum absolute atomic E-state index is 12.7. The molecule has 118 valence electrons. The van der Waals surface area contributed by atoms with Gasteiger partial charge in [-0.3, -0.25) is 4.79 Å². The Bertz CT molecular complexity index is 826. The average molecular weight is 321 g/mol. The van der Waals surface area contributed by atoms with E-state index in [9.17, 15) is 13.2 Å². The van der Waals surface area contributed by atoms with Gasteiger partial charge in [0.05, 0.1) is 11.3 Å². The molecule has 3 rings (SSSR count). The summed E-state index contributed by atoms with van der Waals surface area (Å²) in [5.74, 6) is -0.186. The molecule has 0 radical (unpaired) electrons. The van der Waals surface area contributed by atoms with Crippen LogP contribution in [0, 0.1) is 5.92 Å². The molecule has 2 aromatic rings. The molecule has 0 saturated carbocycles. The van der Waals surface area contributed by atoms with Crippen molar-refractivity contribution in [2.75, 3.05) is 18.8 Å². The lowest BCUT2D eigenvalue weighted by molar-refractivity contribution is 0.0790. The van der Waals surface area contributed by atoms with Crippen LogP contribution in [0.3, 0.4) is 0 Å². The monoisotopic (exact) mass is 321 g/mol. The number of para-hydroxylation sites is 1.